The summed E-state index contributed by atoms with van der Waals surface area (Å²) in [5.74, 6) is 0.398. The average Bonchev–Trinajstić information content (AvgIpc) is 2.35. The number of carbonyl (C=O) groups is 1. The fourth-order valence-electron chi connectivity index (χ4n) is 3.31. The molecule has 18 heavy (non-hydrogen) atoms. The van der Waals surface area contributed by atoms with E-state index in [0.29, 0.717) is 6.54 Å². The zero-order valence-corrected chi connectivity index (χ0v) is 12.1. The van der Waals surface area contributed by atoms with E-state index >= 15 is 0 Å². The predicted octanol–water partition coefficient (Wildman–Crippen LogP) is 1.34. The normalized spacial score (nSPS) is 30.4. The average molecular weight is 255 g/mol. The van der Waals surface area contributed by atoms with E-state index in [4.69, 9.17) is 11.5 Å². The lowest BCUT2D eigenvalue weighted by atomic mass is 9.75. The van der Waals surface area contributed by atoms with Gasteiger partial charge >= 0.3 is 0 Å². The molecular weight excluding hydrogens is 226 g/mol. The van der Waals surface area contributed by atoms with Crippen molar-refractivity contribution in [1.29, 1.82) is 0 Å². The van der Waals surface area contributed by atoms with Crippen molar-refractivity contribution in [3.8, 4) is 0 Å². The van der Waals surface area contributed by atoms with Crippen molar-refractivity contribution in [3.05, 3.63) is 0 Å². The van der Waals surface area contributed by atoms with E-state index < -0.39 is 0 Å². The highest BCUT2D eigenvalue weighted by molar-refractivity contribution is 5.76. The summed E-state index contributed by atoms with van der Waals surface area (Å²) in [6.07, 6.45) is 4.82. The standard InChI is InChI=1S/C14H29N3O/c1-4-17(9-12(3)13(16)18)14(10-15)7-5-6-11(2)8-14/h11-12H,4-10,15H2,1-3H3,(H2,16,18). The smallest absolute Gasteiger partial charge is 0.221 e. The maximum atomic E-state index is 11.3. The van der Waals surface area contributed by atoms with Gasteiger partial charge in [0, 0.05) is 24.5 Å². The lowest BCUT2D eigenvalue weighted by Crippen LogP contribution is -2.57. The summed E-state index contributed by atoms with van der Waals surface area (Å²) in [6.45, 7) is 8.69. The first-order valence-electron chi connectivity index (χ1n) is 7.19. The van der Waals surface area contributed by atoms with Crippen LogP contribution in [0.5, 0.6) is 0 Å². The topological polar surface area (TPSA) is 72.3 Å². The monoisotopic (exact) mass is 255 g/mol. The van der Waals surface area contributed by atoms with E-state index in [0.717, 1.165) is 31.8 Å². The molecule has 106 valence electrons. The van der Waals surface area contributed by atoms with Crippen LogP contribution < -0.4 is 11.5 Å². The number of carbonyl (C=O) groups excluding carboxylic acids is 1. The lowest BCUT2D eigenvalue weighted by Gasteiger charge is -2.48. The summed E-state index contributed by atoms with van der Waals surface area (Å²) in [7, 11) is 0. The summed E-state index contributed by atoms with van der Waals surface area (Å²) >= 11 is 0. The minimum absolute atomic E-state index is 0.0795. The summed E-state index contributed by atoms with van der Waals surface area (Å²) in [4.78, 5) is 13.6. The van der Waals surface area contributed by atoms with Crippen LogP contribution in [0.1, 0.15) is 46.5 Å². The van der Waals surface area contributed by atoms with E-state index in [9.17, 15) is 4.79 Å². The Morgan fingerprint density at radius 2 is 2.22 bits per heavy atom. The molecule has 1 amide bonds. The van der Waals surface area contributed by atoms with E-state index in [2.05, 4.69) is 18.7 Å². The Kier molecular flexibility index (Phi) is 5.60. The van der Waals surface area contributed by atoms with E-state index in [-0.39, 0.29) is 17.4 Å². The molecule has 0 radical (unpaired) electrons. The zero-order chi connectivity index (χ0) is 13.8. The zero-order valence-electron chi connectivity index (χ0n) is 12.1. The number of primary amides is 1. The van der Waals surface area contributed by atoms with Crippen molar-refractivity contribution in [1.82, 2.24) is 4.90 Å². The molecule has 0 bridgehead atoms. The van der Waals surface area contributed by atoms with Crippen LogP contribution >= 0.6 is 0 Å². The molecule has 1 aliphatic carbocycles. The van der Waals surface area contributed by atoms with E-state index in [1.807, 2.05) is 6.92 Å². The SMILES string of the molecule is CCN(CC(C)C(N)=O)C1(CN)CCCC(C)C1. The number of hydrogen-bond donors (Lipinski definition) is 2. The second-order valence-corrected chi connectivity index (χ2v) is 5.97. The number of rotatable bonds is 6. The van der Waals surface area contributed by atoms with Gasteiger partial charge in [-0.3, -0.25) is 9.69 Å². The van der Waals surface area contributed by atoms with Crippen LogP contribution in [-0.2, 0) is 4.79 Å². The van der Waals surface area contributed by atoms with Crippen molar-refractivity contribution >= 4 is 5.91 Å². The van der Waals surface area contributed by atoms with Crippen molar-refractivity contribution in [2.75, 3.05) is 19.6 Å². The van der Waals surface area contributed by atoms with Gasteiger partial charge in [0.1, 0.15) is 0 Å². The highest BCUT2D eigenvalue weighted by atomic mass is 16.1. The Labute approximate surface area is 111 Å². The molecular formula is C14H29N3O. The third-order valence-corrected chi connectivity index (χ3v) is 4.48. The molecule has 0 spiro atoms. The third-order valence-electron chi connectivity index (χ3n) is 4.48. The molecule has 1 rings (SSSR count). The maximum absolute atomic E-state index is 11.3. The molecule has 3 atom stereocenters. The van der Waals surface area contributed by atoms with Gasteiger partial charge in [-0.2, -0.15) is 0 Å². The van der Waals surface area contributed by atoms with Crippen LogP contribution in [0.15, 0.2) is 0 Å². The van der Waals surface area contributed by atoms with Crippen LogP contribution in [0.25, 0.3) is 0 Å². The molecule has 4 N–H and O–H groups in total. The molecule has 1 aliphatic rings. The van der Waals surface area contributed by atoms with Crippen LogP contribution in [0.4, 0.5) is 0 Å². The molecule has 0 aromatic rings. The van der Waals surface area contributed by atoms with Gasteiger partial charge in [0.05, 0.1) is 0 Å². The summed E-state index contributed by atoms with van der Waals surface area (Å²) < 4.78 is 0. The highest BCUT2D eigenvalue weighted by Crippen LogP contribution is 2.36. The molecule has 0 heterocycles. The molecule has 0 aliphatic heterocycles. The predicted molar refractivity (Wildman–Crippen MR) is 75.0 cm³/mol. The van der Waals surface area contributed by atoms with Crippen molar-refractivity contribution in [2.45, 2.75) is 52.0 Å². The van der Waals surface area contributed by atoms with Gasteiger partial charge in [0.25, 0.3) is 0 Å². The molecule has 1 fully saturated rings. The van der Waals surface area contributed by atoms with Crippen LogP contribution in [-0.4, -0.2) is 36.0 Å². The first-order chi connectivity index (χ1) is 8.45. The quantitative estimate of drug-likeness (QED) is 0.752. The number of hydrogen-bond acceptors (Lipinski definition) is 3. The fourth-order valence-corrected chi connectivity index (χ4v) is 3.31. The summed E-state index contributed by atoms with van der Waals surface area (Å²) in [5.41, 5.74) is 11.5. The Balaban J connectivity index is 2.78. The molecule has 0 aromatic carbocycles. The Morgan fingerprint density at radius 3 is 2.67 bits per heavy atom. The van der Waals surface area contributed by atoms with Gasteiger partial charge in [-0.1, -0.05) is 33.6 Å². The van der Waals surface area contributed by atoms with E-state index in [1.54, 1.807) is 0 Å². The number of likely N-dealkylation sites (N-methyl/N-ethyl adjacent to an activating group) is 1. The molecule has 3 unspecified atom stereocenters. The largest absolute Gasteiger partial charge is 0.369 e. The minimum atomic E-state index is -0.218. The molecule has 4 nitrogen and oxygen atoms in total. The van der Waals surface area contributed by atoms with Crippen LogP contribution in [0.3, 0.4) is 0 Å². The molecule has 1 saturated carbocycles. The van der Waals surface area contributed by atoms with E-state index in [1.165, 1.54) is 12.8 Å². The van der Waals surface area contributed by atoms with Gasteiger partial charge in [0.2, 0.25) is 5.91 Å². The summed E-state index contributed by atoms with van der Waals surface area (Å²) in [5, 5.41) is 0. The first-order valence-corrected chi connectivity index (χ1v) is 7.19. The highest BCUT2D eigenvalue weighted by Gasteiger charge is 2.39. The van der Waals surface area contributed by atoms with Gasteiger partial charge in [-0.15, -0.1) is 0 Å². The second kappa shape index (κ2) is 6.53. The maximum Gasteiger partial charge on any atom is 0.221 e. The Hall–Kier alpha value is -0.610. The molecule has 4 heteroatoms. The Bertz CT molecular complexity index is 282. The number of nitrogens with two attached hydrogens (primary N) is 2. The minimum Gasteiger partial charge on any atom is -0.369 e. The van der Waals surface area contributed by atoms with Crippen LogP contribution in [0, 0.1) is 11.8 Å². The lowest BCUT2D eigenvalue weighted by molar-refractivity contribution is -0.122. The van der Waals surface area contributed by atoms with Crippen molar-refractivity contribution in [2.24, 2.45) is 23.3 Å². The molecule has 0 aromatic heterocycles. The number of amides is 1. The number of nitrogens with zero attached hydrogens (tertiary/aromatic N) is 1. The van der Waals surface area contributed by atoms with Crippen molar-refractivity contribution in [3.63, 3.8) is 0 Å². The van der Waals surface area contributed by atoms with Crippen LogP contribution in [0.2, 0.25) is 0 Å². The summed E-state index contributed by atoms with van der Waals surface area (Å²) in [6, 6.07) is 0. The van der Waals surface area contributed by atoms with Gasteiger partial charge < -0.3 is 11.5 Å². The van der Waals surface area contributed by atoms with Gasteiger partial charge in [-0.05, 0) is 25.3 Å². The fraction of sp³-hybridized carbons (Fsp3) is 0.929. The third kappa shape index (κ3) is 3.45. The van der Waals surface area contributed by atoms with Crippen molar-refractivity contribution < 1.29 is 4.79 Å². The van der Waals surface area contributed by atoms with Gasteiger partial charge in [-0.25, -0.2) is 0 Å². The second-order valence-electron chi connectivity index (χ2n) is 5.97. The van der Waals surface area contributed by atoms with Gasteiger partial charge in [0.15, 0.2) is 0 Å². The first kappa shape index (κ1) is 15.4. The Morgan fingerprint density at radius 1 is 1.56 bits per heavy atom. The molecule has 0 saturated heterocycles.